The topological polar surface area (TPSA) is 57.2 Å². The Balaban J connectivity index is 2.83. The van der Waals surface area contributed by atoms with Crippen LogP contribution in [0.4, 0.5) is 4.39 Å². The maximum atomic E-state index is 13.9. The molecule has 1 aromatic carbocycles. The molecule has 0 fully saturated rings. The zero-order chi connectivity index (χ0) is 18.8. The van der Waals surface area contributed by atoms with Crippen molar-refractivity contribution < 1.29 is 13.9 Å². The number of likely N-dealkylation sites (N-methyl/N-ethyl adjacent to an activating group) is 1. The standard InChI is InChI=1S/C18H29FN4O2/c1-6-7-10-20-18(21-12-17(24)22(2)3)23(4)13-14-8-9-16(25-5)15(19)11-14/h8-9,11H,6-7,10,12-13H2,1-5H3,(H,20,21). The van der Waals surface area contributed by atoms with Gasteiger partial charge in [-0.1, -0.05) is 19.4 Å². The van der Waals surface area contributed by atoms with E-state index in [2.05, 4.69) is 17.2 Å². The van der Waals surface area contributed by atoms with Crippen LogP contribution >= 0.6 is 0 Å². The molecule has 0 aliphatic carbocycles. The van der Waals surface area contributed by atoms with Crippen molar-refractivity contribution in [3.63, 3.8) is 0 Å². The molecule has 7 heteroatoms. The Hall–Kier alpha value is -2.31. The zero-order valence-corrected chi connectivity index (χ0v) is 15.8. The maximum absolute atomic E-state index is 13.9. The number of rotatable bonds is 8. The summed E-state index contributed by atoms with van der Waals surface area (Å²) in [6.45, 7) is 3.42. The number of halogens is 1. The van der Waals surface area contributed by atoms with Gasteiger partial charge in [-0.05, 0) is 24.1 Å². The number of unbranched alkanes of at least 4 members (excludes halogenated alkanes) is 1. The number of ether oxygens (including phenoxy) is 1. The van der Waals surface area contributed by atoms with Gasteiger partial charge >= 0.3 is 0 Å². The molecule has 0 bridgehead atoms. The Morgan fingerprint density at radius 1 is 1.32 bits per heavy atom. The van der Waals surface area contributed by atoms with Crippen LogP contribution in [0.2, 0.25) is 0 Å². The predicted molar refractivity (Wildman–Crippen MR) is 98.3 cm³/mol. The summed E-state index contributed by atoms with van der Waals surface area (Å²) >= 11 is 0. The van der Waals surface area contributed by atoms with Crippen LogP contribution in [0.3, 0.4) is 0 Å². The molecule has 0 radical (unpaired) electrons. The lowest BCUT2D eigenvalue weighted by molar-refractivity contribution is -0.127. The Labute approximate surface area is 149 Å². The molecule has 0 saturated carbocycles. The summed E-state index contributed by atoms with van der Waals surface area (Å²) in [5.74, 6) is 0.380. The van der Waals surface area contributed by atoms with Crippen LogP contribution in [-0.2, 0) is 11.3 Å². The third-order valence-electron chi connectivity index (χ3n) is 3.67. The maximum Gasteiger partial charge on any atom is 0.243 e. The van der Waals surface area contributed by atoms with Gasteiger partial charge in [-0.15, -0.1) is 0 Å². The number of hydrogen-bond acceptors (Lipinski definition) is 3. The van der Waals surface area contributed by atoms with Crippen molar-refractivity contribution in [2.75, 3.05) is 41.3 Å². The highest BCUT2D eigenvalue weighted by atomic mass is 19.1. The molecule has 1 rings (SSSR count). The second-order valence-electron chi connectivity index (χ2n) is 6.03. The van der Waals surface area contributed by atoms with Crippen molar-refractivity contribution in [2.45, 2.75) is 26.3 Å². The second-order valence-corrected chi connectivity index (χ2v) is 6.03. The van der Waals surface area contributed by atoms with E-state index in [0.717, 1.165) is 24.9 Å². The average molecular weight is 352 g/mol. The van der Waals surface area contributed by atoms with Crippen molar-refractivity contribution in [2.24, 2.45) is 4.99 Å². The number of benzene rings is 1. The number of guanidine groups is 1. The normalized spacial score (nSPS) is 11.2. The SMILES string of the molecule is CCCCNC(=NCC(=O)N(C)C)N(C)Cc1ccc(OC)c(F)c1. The summed E-state index contributed by atoms with van der Waals surface area (Å²) < 4.78 is 18.8. The molecule has 6 nitrogen and oxygen atoms in total. The molecule has 1 N–H and O–H groups in total. The van der Waals surface area contributed by atoms with Crippen molar-refractivity contribution in [1.29, 1.82) is 0 Å². The summed E-state index contributed by atoms with van der Waals surface area (Å²) in [7, 11) is 6.70. The number of carbonyl (C=O) groups excluding carboxylic acids is 1. The largest absolute Gasteiger partial charge is 0.494 e. The summed E-state index contributed by atoms with van der Waals surface area (Å²) in [6.07, 6.45) is 2.07. The summed E-state index contributed by atoms with van der Waals surface area (Å²) in [6, 6.07) is 4.87. The minimum atomic E-state index is -0.395. The van der Waals surface area contributed by atoms with Crippen molar-refractivity contribution in [1.82, 2.24) is 15.1 Å². The number of amides is 1. The molecule has 140 valence electrons. The quantitative estimate of drug-likeness (QED) is 0.442. The molecule has 1 amide bonds. The van der Waals surface area contributed by atoms with Crippen LogP contribution in [0.1, 0.15) is 25.3 Å². The molecule has 0 aliphatic rings. The van der Waals surface area contributed by atoms with E-state index >= 15 is 0 Å². The lowest BCUT2D eigenvalue weighted by atomic mass is 10.2. The fourth-order valence-electron chi connectivity index (χ4n) is 2.13. The van der Waals surface area contributed by atoms with E-state index in [4.69, 9.17) is 4.74 Å². The van der Waals surface area contributed by atoms with Crippen molar-refractivity contribution >= 4 is 11.9 Å². The fraction of sp³-hybridized carbons (Fsp3) is 0.556. The summed E-state index contributed by atoms with van der Waals surface area (Å²) in [5, 5.41) is 3.26. The van der Waals surface area contributed by atoms with Gasteiger partial charge in [0.05, 0.1) is 7.11 Å². The molecular weight excluding hydrogens is 323 g/mol. The fourth-order valence-corrected chi connectivity index (χ4v) is 2.13. The van der Waals surface area contributed by atoms with E-state index in [9.17, 15) is 9.18 Å². The van der Waals surface area contributed by atoms with Crippen LogP contribution in [0.25, 0.3) is 0 Å². The number of nitrogens with zero attached hydrogens (tertiary/aromatic N) is 3. The average Bonchev–Trinajstić information content (AvgIpc) is 2.57. The Kier molecular flexibility index (Phi) is 8.74. The van der Waals surface area contributed by atoms with E-state index in [1.165, 1.54) is 18.1 Å². The molecule has 0 aliphatic heterocycles. The first-order valence-corrected chi connectivity index (χ1v) is 8.41. The van der Waals surface area contributed by atoms with Crippen molar-refractivity contribution in [3.05, 3.63) is 29.6 Å². The number of nitrogens with one attached hydrogen (secondary N) is 1. The molecule has 0 saturated heterocycles. The van der Waals surface area contributed by atoms with E-state index < -0.39 is 5.82 Å². The highest BCUT2D eigenvalue weighted by Gasteiger charge is 2.11. The number of carbonyl (C=O) groups is 1. The van der Waals surface area contributed by atoms with Crippen LogP contribution < -0.4 is 10.1 Å². The third kappa shape index (κ3) is 6.99. The molecule has 0 heterocycles. The first kappa shape index (κ1) is 20.7. The van der Waals surface area contributed by atoms with Gasteiger partial charge in [0.2, 0.25) is 5.91 Å². The van der Waals surface area contributed by atoms with Gasteiger partial charge in [-0.3, -0.25) is 4.79 Å². The van der Waals surface area contributed by atoms with Gasteiger partial charge in [0.15, 0.2) is 17.5 Å². The Morgan fingerprint density at radius 3 is 2.60 bits per heavy atom. The van der Waals surface area contributed by atoms with Gasteiger partial charge in [-0.25, -0.2) is 9.38 Å². The predicted octanol–water partition coefficient (Wildman–Crippen LogP) is 2.10. The molecule has 25 heavy (non-hydrogen) atoms. The minimum Gasteiger partial charge on any atom is -0.494 e. The van der Waals surface area contributed by atoms with Crippen molar-refractivity contribution in [3.8, 4) is 5.75 Å². The zero-order valence-electron chi connectivity index (χ0n) is 15.8. The Bertz CT molecular complexity index is 590. The van der Waals surface area contributed by atoms with E-state index in [-0.39, 0.29) is 18.2 Å². The van der Waals surface area contributed by atoms with Crippen LogP contribution in [0.15, 0.2) is 23.2 Å². The lowest BCUT2D eigenvalue weighted by Crippen LogP contribution is -2.40. The molecular formula is C18H29FN4O2. The monoisotopic (exact) mass is 352 g/mol. The second kappa shape index (κ2) is 10.5. The van der Waals surface area contributed by atoms with E-state index in [0.29, 0.717) is 12.5 Å². The van der Waals surface area contributed by atoms with Crippen LogP contribution in [0.5, 0.6) is 5.75 Å². The van der Waals surface area contributed by atoms with Gasteiger partial charge in [-0.2, -0.15) is 0 Å². The van der Waals surface area contributed by atoms with Crippen LogP contribution in [-0.4, -0.2) is 63.0 Å². The Morgan fingerprint density at radius 2 is 2.04 bits per heavy atom. The summed E-state index contributed by atoms with van der Waals surface area (Å²) in [4.78, 5) is 19.6. The molecule has 0 aromatic heterocycles. The van der Waals surface area contributed by atoms with Gasteiger partial charge in [0.25, 0.3) is 0 Å². The van der Waals surface area contributed by atoms with Gasteiger partial charge in [0, 0.05) is 34.2 Å². The van der Waals surface area contributed by atoms with Crippen LogP contribution in [0, 0.1) is 5.82 Å². The molecule has 1 aromatic rings. The molecule has 0 atom stereocenters. The molecule has 0 unspecified atom stereocenters. The van der Waals surface area contributed by atoms with Gasteiger partial charge in [0.1, 0.15) is 6.54 Å². The lowest BCUT2D eigenvalue weighted by Gasteiger charge is -2.23. The number of methoxy groups -OCH3 is 1. The number of hydrogen-bond donors (Lipinski definition) is 1. The molecule has 0 spiro atoms. The highest BCUT2D eigenvalue weighted by molar-refractivity contribution is 5.84. The first-order chi connectivity index (χ1) is 11.9. The van der Waals surface area contributed by atoms with E-state index in [1.54, 1.807) is 20.2 Å². The third-order valence-corrected chi connectivity index (χ3v) is 3.67. The highest BCUT2D eigenvalue weighted by Crippen LogP contribution is 2.18. The minimum absolute atomic E-state index is 0.0707. The van der Waals surface area contributed by atoms with E-state index in [1.807, 2.05) is 18.0 Å². The number of aliphatic imine (C=N–C) groups is 1. The van der Waals surface area contributed by atoms with Gasteiger partial charge < -0.3 is 19.9 Å². The smallest absolute Gasteiger partial charge is 0.243 e. The first-order valence-electron chi connectivity index (χ1n) is 8.41. The summed E-state index contributed by atoms with van der Waals surface area (Å²) in [5.41, 5.74) is 0.796.